The van der Waals surface area contributed by atoms with Crippen molar-refractivity contribution in [3.05, 3.63) is 47.4 Å². The number of likely N-dealkylation sites (N-methyl/N-ethyl adjacent to an activating group) is 1. The van der Waals surface area contributed by atoms with Gasteiger partial charge in [-0.05, 0) is 24.6 Å². The number of aldehydes is 1. The standard InChI is InChI=1S/C13H16FN3O/c1-2-16-12(9-18)7-13(15)17-8-10-3-5-11(14)6-4-10/h3-7,9,16H,2,8H2,1H3,(H2,15,17)/b12-7-. The molecule has 0 aliphatic carbocycles. The first-order valence-electron chi connectivity index (χ1n) is 5.63. The van der Waals surface area contributed by atoms with E-state index in [9.17, 15) is 9.18 Å². The summed E-state index contributed by atoms with van der Waals surface area (Å²) in [4.78, 5) is 10.6. The number of halogens is 1. The minimum absolute atomic E-state index is 0.127. The zero-order valence-electron chi connectivity index (χ0n) is 10.2. The zero-order chi connectivity index (χ0) is 13.4. The third-order valence-electron chi connectivity index (χ3n) is 2.20. The Morgan fingerprint density at radius 2 is 2.00 bits per heavy atom. The van der Waals surface area contributed by atoms with Crippen molar-refractivity contribution in [1.82, 2.24) is 10.6 Å². The maximum absolute atomic E-state index is 12.7. The van der Waals surface area contributed by atoms with Crippen LogP contribution in [0.1, 0.15) is 12.5 Å². The maximum atomic E-state index is 12.7. The molecule has 1 aromatic rings. The molecular formula is C13H16FN3O. The summed E-state index contributed by atoms with van der Waals surface area (Å²) >= 11 is 0. The topological polar surface area (TPSA) is 65.0 Å². The van der Waals surface area contributed by atoms with Crippen molar-refractivity contribution < 1.29 is 9.18 Å². The van der Waals surface area contributed by atoms with Crippen LogP contribution in [0.2, 0.25) is 0 Å². The molecule has 0 bridgehead atoms. The molecule has 0 fully saturated rings. The normalized spacial score (nSPS) is 10.9. The number of nitrogens with one attached hydrogen (secondary N) is 3. The molecule has 0 radical (unpaired) electrons. The fraction of sp³-hybridized carbons (Fsp3) is 0.231. The predicted octanol–water partition coefficient (Wildman–Crippen LogP) is 1.58. The zero-order valence-corrected chi connectivity index (χ0v) is 10.2. The highest BCUT2D eigenvalue weighted by atomic mass is 19.1. The van der Waals surface area contributed by atoms with E-state index < -0.39 is 0 Å². The lowest BCUT2D eigenvalue weighted by atomic mass is 10.2. The largest absolute Gasteiger partial charge is 0.383 e. The van der Waals surface area contributed by atoms with Gasteiger partial charge in [0.05, 0.1) is 5.70 Å². The van der Waals surface area contributed by atoms with E-state index in [1.165, 1.54) is 18.2 Å². The van der Waals surface area contributed by atoms with E-state index in [4.69, 9.17) is 5.41 Å². The molecule has 1 aromatic carbocycles. The molecule has 0 aromatic heterocycles. The second-order valence-corrected chi connectivity index (χ2v) is 3.64. The minimum Gasteiger partial charge on any atom is -0.383 e. The van der Waals surface area contributed by atoms with Gasteiger partial charge in [0.1, 0.15) is 11.7 Å². The van der Waals surface area contributed by atoms with Gasteiger partial charge >= 0.3 is 0 Å². The summed E-state index contributed by atoms with van der Waals surface area (Å²) in [6, 6.07) is 6.02. The van der Waals surface area contributed by atoms with E-state index in [-0.39, 0.29) is 11.7 Å². The number of carbonyl (C=O) groups is 1. The van der Waals surface area contributed by atoms with Crippen LogP contribution in [-0.4, -0.2) is 18.7 Å². The highest BCUT2D eigenvalue weighted by Crippen LogP contribution is 2.02. The minimum atomic E-state index is -0.288. The number of benzene rings is 1. The van der Waals surface area contributed by atoms with Crippen LogP contribution in [0.3, 0.4) is 0 Å². The predicted molar refractivity (Wildman–Crippen MR) is 68.8 cm³/mol. The Hall–Kier alpha value is -2.17. The van der Waals surface area contributed by atoms with E-state index in [1.807, 2.05) is 6.92 Å². The number of hydrogen-bond donors (Lipinski definition) is 3. The van der Waals surface area contributed by atoms with Crippen molar-refractivity contribution in [3.63, 3.8) is 0 Å². The first-order chi connectivity index (χ1) is 8.65. The molecule has 0 saturated carbocycles. The third kappa shape index (κ3) is 4.78. The maximum Gasteiger partial charge on any atom is 0.166 e. The highest BCUT2D eigenvalue weighted by molar-refractivity contribution is 5.95. The summed E-state index contributed by atoms with van der Waals surface area (Å²) in [5.41, 5.74) is 1.22. The summed E-state index contributed by atoms with van der Waals surface area (Å²) in [6.07, 6.45) is 2.08. The summed E-state index contributed by atoms with van der Waals surface area (Å²) < 4.78 is 12.7. The third-order valence-corrected chi connectivity index (χ3v) is 2.20. The second-order valence-electron chi connectivity index (χ2n) is 3.64. The van der Waals surface area contributed by atoms with E-state index in [2.05, 4.69) is 10.6 Å². The van der Waals surface area contributed by atoms with E-state index in [0.29, 0.717) is 25.1 Å². The van der Waals surface area contributed by atoms with Crippen molar-refractivity contribution in [1.29, 1.82) is 5.41 Å². The average molecular weight is 249 g/mol. The lowest BCUT2D eigenvalue weighted by Gasteiger charge is -2.06. The van der Waals surface area contributed by atoms with Crippen LogP contribution in [0.4, 0.5) is 4.39 Å². The van der Waals surface area contributed by atoms with Gasteiger partial charge in [-0.1, -0.05) is 12.1 Å². The highest BCUT2D eigenvalue weighted by Gasteiger charge is 1.98. The molecule has 0 heterocycles. The van der Waals surface area contributed by atoms with Crippen molar-refractivity contribution >= 4 is 12.1 Å². The Morgan fingerprint density at radius 1 is 1.33 bits per heavy atom. The number of allylic oxidation sites excluding steroid dienone is 1. The van der Waals surface area contributed by atoms with Crippen molar-refractivity contribution in [2.45, 2.75) is 13.5 Å². The molecule has 5 heteroatoms. The van der Waals surface area contributed by atoms with Gasteiger partial charge in [-0.3, -0.25) is 10.2 Å². The smallest absolute Gasteiger partial charge is 0.166 e. The molecule has 0 aliphatic rings. The first-order valence-corrected chi connectivity index (χ1v) is 5.63. The number of carbonyl (C=O) groups excluding carboxylic acids is 1. The summed E-state index contributed by atoms with van der Waals surface area (Å²) in [5, 5.41) is 13.3. The van der Waals surface area contributed by atoms with Crippen LogP contribution in [-0.2, 0) is 11.3 Å². The Morgan fingerprint density at radius 3 is 2.56 bits per heavy atom. The Balaban J connectivity index is 2.50. The van der Waals surface area contributed by atoms with Gasteiger partial charge in [0.2, 0.25) is 0 Å². The van der Waals surface area contributed by atoms with Crippen LogP contribution in [0.15, 0.2) is 36.0 Å². The van der Waals surface area contributed by atoms with Crippen molar-refractivity contribution in [2.75, 3.05) is 6.54 Å². The van der Waals surface area contributed by atoms with Crippen molar-refractivity contribution in [3.8, 4) is 0 Å². The van der Waals surface area contributed by atoms with Crippen molar-refractivity contribution in [2.24, 2.45) is 0 Å². The average Bonchev–Trinajstić information content (AvgIpc) is 2.37. The lowest BCUT2D eigenvalue weighted by molar-refractivity contribution is -0.105. The first kappa shape index (κ1) is 13.9. The van der Waals surface area contributed by atoms with Gasteiger partial charge in [-0.25, -0.2) is 4.39 Å². The van der Waals surface area contributed by atoms with E-state index in [1.54, 1.807) is 12.1 Å². The van der Waals surface area contributed by atoms with Crippen LogP contribution in [0.5, 0.6) is 0 Å². The van der Waals surface area contributed by atoms with Gasteiger partial charge in [0, 0.05) is 19.2 Å². The van der Waals surface area contributed by atoms with Gasteiger partial charge in [0.15, 0.2) is 6.29 Å². The molecule has 0 unspecified atom stereocenters. The van der Waals surface area contributed by atoms with Crippen LogP contribution < -0.4 is 10.6 Å². The summed E-state index contributed by atoms with van der Waals surface area (Å²) in [5.74, 6) is -0.161. The Labute approximate surface area is 105 Å². The van der Waals surface area contributed by atoms with Crippen LogP contribution in [0, 0.1) is 11.2 Å². The summed E-state index contributed by atoms with van der Waals surface area (Å²) in [7, 11) is 0. The second kappa shape index (κ2) is 7.21. The molecule has 3 N–H and O–H groups in total. The molecule has 0 spiro atoms. The number of hydrogen-bond acceptors (Lipinski definition) is 3. The SMILES string of the molecule is CCN/C(C=O)=C\C(=N)NCc1ccc(F)cc1. The quantitative estimate of drug-likeness (QED) is 0.310. The van der Waals surface area contributed by atoms with Gasteiger partial charge < -0.3 is 10.6 Å². The molecule has 1 rings (SSSR count). The molecule has 18 heavy (non-hydrogen) atoms. The summed E-state index contributed by atoms with van der Waals surface area (Å²) in [6.45, 7) is 2.90. The van der Waals surface area contributed by atoms with Gasteiger partial charge in [0.25, 0.3) is 0 Å². The lowest BCUT2D eigenvalue weighted by Crippen LogP contribution is -2.23. The monoisotopic (exact) mass is 249 g/mol. The number of amidine groups is 1. The fourth-order valence-corrected chi connectivity index (χ4v) is 1.34. The molecule has 96 valence electrons. The molecule has 0 aliphatic heterocycles. The Kier molecular flexibility index (Phi) is 5.57. The van der Waals surface area contributed by atoms with Crippen LogP contribution in [0.25, 0.3) is 0 Å². The molecule has 0 saturated heterocycles. The van der Waals surface area contributed by atoms with E-state index >= 15 is 0 Å². The molecule has 0 amide bonds. The Bertz CT molecular complexity index is 440. The van der Waals surface area contributed by atoms with Crippen LogP contribution >= 0.6 is 0 Å². The van der Waals surface area contributed by atoms with E-state index in [0.717, 1.165) is 5.56 Å². The fourth-order valence-electron chi connectivity index (χ4n) is 1.34. The van der Waals surface area contributed by atoms with Gasteiger partial charge in [-0.2, -0.15) is 0 Å². The molecule has 0 atom stereocenters. The molecular weight excluding hydrogens is 233 g/mol. The number of rotatable bonds is 6. The molecule has 4 nitrogen and oxygen atoms in total. The van der Waals surface area contributed by atoms with Gasteiger partial charge in [-0.15, -0.1) is 0 Å².